The Balaban J connectivity index is 1.53. The molecule has 0 bridgehead atoms. The highest BCUT2D eigenvalue weighted by Gasteiger charge is 2.42. The predicted molar refractivity (Wildman–Crippen MR) is 132 cm³/mol. The van der Waals surface area contributed by atoms with Crippen LogP contribution in [0.25, 0.3) is 0 Å². The Kier molecular flexibility index (Phi) is 7.15. The maximum absolute atomic E-state index is 13.0. The monoisotopic (exact) mass is 466 g/mol. The lowest BCUT2D eigenvalue weighted by atomic mass is 9.69. The van der Waals surface area contributed by atoms with E-state index in [2.05, 4.69) is 30.4 Å². The number of nitrogens with one attached hydrogen (secondary N) is 1. The summed E-state index contributed by atoms with van der Waals surface area (Å²) in [5.41, 5.74) is 5.80. The highest BCUT2D eigenvalue weighted by Crippen LogP contribution is 2.52. The molecule has 1 aromatic heterocycles. The van der Waals surface area contributed by atoms with Gasteiger partial charge in [0.1, 0.15) is 5.76 Å². The SMILES string of the molecule is Cc1cc(C)c(C)c(NC(=O)C[C@H](CC(=O)O)c2noc(C3CC(CC(C)C)C3)c2C2CC2)c1. The molecule has 34 heavy (non-hydrogen) atoms. The van der Waals surface area contributed by atoms with Crippen LogP contribution in [0.2, 0.25) is 0 Å². The van der Waals surface area contributed by atoms with Crippen LogP contribution in [0.3, 0.4) is 0 Å². The minimum atomic E-state index is -0.924. The second-order valence-electron chi connectivity index (χ2n) is 11.1. The van der Waals surface area contributed by atoms with Crippen LogP contribution in [-0.4, -0.2) is 22.1 Å². The summed E-state index contributed by atoms with van der Waals surface area (Å²) in [6, 6.07) is 4.05. The maximum atomic E-state index is 13.0. The molecule has 1 atom stereocenters. The molecule has 6 heteroatoms. The number of benzene rings is 1. The third kappa shape index (κ3) is 5.53. The van der Waals surface area contributed by atoms with Crippen molar-refractivity contribution in [3.63, 3.8) is 0 Å². The molecular weight excluding hydrogens is 428 g/mol. The van der Waals surface area contributed by atoms with E-state index in [1.54, 1.807) is 0 Å². The van der Waals surface area contributed by atoms with Gasteiger partial charge in [0.15, 0.2) is 0 Å². The first kappa shape index (κ1) is 24.5. The van der Waals surface area contributed by atoms with Crippen LogP contribution in [0.15, 0.2) is 16.7 Å². The van der Waals surface area contributed by atoms with Gasteiger partial charge >= 0.3 is 5.97 Å². The number of carbonyl (C=O) groups excluding carboxylic acids is 1. The normalized spacial score (nSPS) is 20.8. The molecule has 0 spiro atoms. The minimum Gasteiger partial charge on any atom is -0.481 e. The fourth-order valence-electron chi connectivity index (χ4n) is 5.57. The van der Waals surface area contributed by atoms with E-state index in [0.29, 0.717) is 23.4 Å². The van der Waals surface area contributed by atoms with Gasteiger partial charge in [-0.1, -0.05) is 25.1 Å². The molecule has 2 fully saturated rings. The van der Waals surface area contributed by atoms with Gasteiger partial charge in [-0.3, -0.25) is 9.59 Å². The quantitative estimate of drug-likeness (QED) is 0.411. The van der Waals surface area contributed by atoms with Crippen molar-refractivity contribution < 1.29 is 19.2 Å². The lowest BCUT2D eigenvalue weighted by molar-refractivity contribution is -0.137. The summed E-state index contributed by atoms with van der Waals surface area (Å²) < 4.78 is 5.89. The molecule has 2 aromatic rings. The number of hydrogen-bond acceptors (Lipinski definition) is 4. The second-order valence-corrected chi connectivity index (χ2v) is 11.1. The fourth-order valence-corrected chi connectivity index (χ4v) is 5.57. The molecular formula is C28H38N2O4. The lowest BCUT2D eigenvalue weighted by Crippen LogP contribution is -2.24. The van der Waals surface area contributed by atoms with Crippen molar-refractivity contribution in [3.8, 4) is 0 Å². The van der Waals surface area contributed by atoms with Crippen molar-refractivity contribution in [2.24, 2.45) is 11.8 Å². The lowest BCUT2D eigenvalue weighted by Gasteiger charge is -2.35. The van der Waals surface area contributed by atoms with Gasteiger partial charge in [-0.15, -0.1) is 0 Å². The average molecular weight is 467 g/mol. The van der Waals surface area contributed by atoms with Gasteiger partial charge in [0.25, 0.3) is 0 Å². The number of anilines is 1. The summed E-state index contributed by atoms with van der Waals surface area (Å²) in [6.07, 6.45) is 5.56. The highest BCUT2D eigenvalue weighted by atomic mass is 16.5. The Hall–Kier alpha value is -2.63. The van der Waals surface area contributed by atoms with E-state index in [1.807, 2.05) is 26.8 Å². The van der Waals surface area contributed by atoms with Gasteiger partial charge in [0, 0.05) is 29.5 Å². The van der Waals surface area contributed by atoms with Crippen molar-refractivity contribution in [2.45, 2.75) is 97.3 Å². The van der Waals surface area contributed by atoms with Crippen LogP contribution in [0.4, 0.5) is 5.69 Å². The molecule has 0 saturated heterocycles. The summed E-state index contributed by atoms with van der Waals surface area (Å²) in [5.74, 6) is 1.53. The van der Waals surface area contributed by atoms with Crippen LogP contribution in [0, 0.1) is 32.6 Å². The summed E-state index contributed by atoms with van der Waals surface area (Å²) in [6.45, 7) is 10.5. The molecule has 1 amide bonds. The molecule has 4 rings (SSSR count). The fraction of sp³-hybridized carbons (Fsp3) is 0.607. The zero-order valence-corrected chi connectivity index (χ0v) is 21.1. The zero-order valence-electron chi connectivity index (χ0n) is 21.1. The molecule has 0 unspecified atom stereocenters. The largest absolute Gasteiger partial charge is 0.481 e. The molecule has 2 N–H and O–H groups in total. The number of rotatable bonds is 10. The van der Waals surface area contributed by atoms with Crippen molar-refractivity contribution in [2.75, 3.05) is 5.32 Å². The maximum Gasteiger partial charge on any atom is 0.304 e. The third-order valence-corrected chi connectivity index (χ3v) is 7.51. The summed E-state index contributed by atoms with van der Waals surface area (Å²) in [5, 5.41) is 17.0. The van der Waals surface area contributed by atoms with Gasteiger partial charge in [0.05, 0.1) is 12.1 Å². The number of amides is 1. The molecule has 2 aliphatic rings. The van der Waals surface area contributed by atoms with Crippen molar-refractivity contribution >= 4 is 17.6 Å². The summed E-state index contributed by atoms with van der Waals surface area (Å²) in [7, 11) is 0. The molecule has 6 nitrogen and oxygen atoms in total. The van der Waals surface area contributed by atoms with Crippen LogP contribution in [0.1, 0.15) is 110 Å². The van der Waals surface area contributed by atoms with E-state index in [1.165, 1.54) is 6.42 Å². The number of aromatic nitrogens is 1. The van der Waals surface area contributed by atoms with Crippen molar-refractivity contribution in [3.05, 3.63) is 45.8 Å². The number of carbonyl (C=O) groups is 2. The molecule has 2 aliphatic carbocycles. The number of hydrogen-bond donors (Lipinski definition) is 2. The first-order valence-corrected chi connectivity index (χ1v) is 12.7. The predicted octanol–water partition coefficient (Wildman–Crippen LogP) is 6.60. The Morgan fingerprint density at radius 1 is 1.12 bits per heavy atom. The van der Waals surface area contributed by atoms with Crippen LogP contribution in [-0.2, 0) is 9.59 Å². The van der Waals surface area contributed by atoms with Gasteiger partial charge in [-0.05, 0) is 93.4 Å². The number of carboxylic acids is 1. The molecule has 0 radical (unpaired) electrons. The van der Waals surface area contributed by atoms with E-state index in [9.17, 15) is 14.7 Å². The smallest absolute Gasteiger partial charge is 0.304 e. The zero-order chi connectivity index (χ0) is 24.6. The number of aryl methyl sites for hydroxylation is 2. The van der Waals surface area contributed by atoms with Gasteiger partial charge in [0.2, 0.25) is 5.91 Å². The minimum absolute atomic E-state index is 0.0745. The molecule has 0 aliphatic heterocycles. The van der Waals surface area contributed by atoms with Crippen molar-refractivity contribution in [1.29, 1.82) is 0 Å². The Bertz CT molecular complexity index is 1060. The second kappa shape index (κ2) is 9.93. The highest BCUT2D eigenvalue weighted by molar-refractivity contribution is 5.92. The average Bonchev–Trinajstić information content (AvgIpc) is 3.45. The Labute approximate surface area is 202 Å². The first-order chi connectivity index (χ1) is 16.1. The summed E-state index contributed by atoms with van der Waals surface area (Å²) >= 11 is 0. The van der Waals surface area contributed by atoms with Gasteiger partial charge < -0.3 is 14.9 Å². The Morgan fingerprint density at radius 3 is 2.44 bits per heavy atom. The van der Waals surface area contributed by atoms with E-state index in [-0.39, 0.29) is 18.7 Å². The number of carboxylic acid groups (broad SMARTS) is 1. The molecule has 2 saturated carbocycles. The van der Waals surface area contributed by atoms with Crippen LogP contribution < -0.4 is 5.32 Å². The van der Waals surface area contributed by atoms with Gasteiger partial charge in [-0.25, -0.2) is 0 Å². The first-order valence-electron chi connectivity index (χ1n) is 12.7. The molecule has 1 aromatic carbocycles. The summed E-state index contributed by atoms with van der Waals surface area (Å²) in [4.78, 5) is 24.8. The van der Waals surface area contributed by atoms with Crippen LogP contribution in [0.5, 0.6) is 0 Å². The standard InChI is InChI=1S/C28H38N2O4/c1-15(2)8-19-11-22(12-19)28-26(20-6-7-20)27(30-34-28)21(14-25(32)33)13-24(31)29-23-10-16(3)9-17(4)18(23)5/h9-10,15,19-22H,6-8,11-14H2,1-5H3,(H,29,31)(H,32,33)/t19?,21-,22?/m1/s1. The Morgan fingerprint density at radius 2 is 1.82 bits per heavy atom. The van der Waals surface area contributed by atoms with E-state index < -0.39 is 11.9 Å². The third-order valence-electron chi connectivity index (χ3n) is 7.51. The van der Waals surface area contributed by atoms with Crippen LogP contribution >= 0.6 is 0 Å². The topological polar surface area (TPSA) is 92.4 Å². The van der Waals surface area contributed by atoms with E-state index >= 15 is 0 Å². The van der Waals surface area contributed by atoms with Gasteiger partial charge in [-0.2, -0.15) is 0 Å². The van der Waals surface area contributed by atoms with E-state index in [4.69, 9.17) is 4.52 Å². The number of nitrogens with zero attached hydrogens (tertiary/aromatic N) is 1. The van der Waals surface area contributed by atoms with Crippen molar-refractivity contribution in [1.82, 2.24) is 5.16 Å². The molecule has 1 heterocycles. The molecule has 184 valence electrons. The van der Waals surface area contributed by atoms with E-state index in [0.717, 1.165) is 65.3 Å². The number of aliphatic carboxylic acids is 1.